The summed E-state index contributed by atoms with van der Waals surface area (Å²) in [7, 11) is 0. The monoisotopic (exact) mass is 143 g/mol. The van der Waals surface area contributed by atoms with Crippen LogP contribution in [0.1, 0.15) is 19.8 Å². The van der Waals surface area contributed by atoms with Crippen LogP contribution in [0.25, 0.3) is 0 Å². The van der Waals surface area contributed by atoms with Gasteiger partial charge in [0.05, 0.1) is 5.92 Å². The van der Waals surface area contributed by atoms with E-state index in [0.717, 1.165) is 12.8 Å². The first kappa shape index (κ1) is 7.54. The Labute approximate surface area is 60.2 Å². The Morgan fingerprint density at radius 2 is 2.30 bits per heavy atom. The molecule has 0 aliphatic heterocycles. The molecule has 0 aromatic carbocycles. The van der Waals surface area contributed by atoms with Crippen molar-refractivity contribution in [2.24, 2.45) is 17.1 Å². The molecule has 3 nitrogen and oxygen atoms in total. The van der Waals surface area contributed by atoms with Gasteiger partial charge in [-0.15, -0.1) is 0 Å². The molecule has 0 aromatic heterocycles. The number of carboxylic acids is 1. The Morgan fingerprint density at radius 1 is 1.80 bits per heavy atom. The number of nitrogens with two attached hydrogens (primary N) is 1. The Hall–Kier alpha value is -0.570. The maximum atomic E-state index is 10.3. The van der Waals surface area contributed by atoms with Crippen molar-refractivity contribution >= 4 is 5.97 Å². The fraction of sp³-hybridized carbons (Fsp3) is 0.857. The van der Waals surface area contributed by atoms with Crippen LogP contribution in [-0.4, -0.2) is 17.6 Å². The van der Waals surface area contributed by atoms with Crippen LogP contribution in [0.5, 0.6) is 0 Å². The Balaban J connectivity index is 2.36. The fourth-order valence-electron chi connectivity index (χ4n) is 1.47. The molecule has 3 heteroatoms. The van der Waals surface area contributed by atoms with Gasteiger partial charge in [0.15, 0.2) is 0 Å². The first-order chi connectivity index (χ1) is 4.57. The van der Waals surface area contributed by atoms with E-state index in [9.17, 15) is 4.79 Å². The van der Waals surface area contributed by atoms with E-state index in [4.69, 9.17) is 10.8 Å². The van der Waals surface area contributed by atoms with E-state index < -0.39 is 5.97 Å². The van der Waals surface area contributed by atoms with E-state index in [0.29, 0.717) is 6.54 Å². The summed E-state index contributed by atoms with van der Waals surface area (Å²) < 4.78 is 0. The highest BCUT2D eigenvalue weighted by atomic mass is 16.4. The maximum Gasteiger partial charge on any atom is 0.306 e. The van der Waals surface area contributed by atoms with Crippen molar-refractivity contribution in [3.05, 3.63) is 0 Å². The van der Waals surface area contributed by atoms with Crippen molar-refractivity contribution in [1.29, 1.82) is 0 Å². The zero-order chi connectivity index (χ0) is 7.78. The third kappa shape index (κ3) is 1.14. The molecule has 0 heterocycles. The molecule has 0 atom stereocenters. The number of carbonyl (C=O) groups is 1. The summed E-state index contributed by atoms with van der Waals surface area (Å²) in [5.41, 5.74) is 5.55. The van der Waals surface area contributed by atoms with Crippen LogP contribution in [0, 0.1) is 11.3 Å². The molecule has 58 valence electrons. The van der Waals surface area contributed by atoms with Crippen molar-refractivity contribution < 1.29 is 9.90 Å². The second-order valence-electron chi connectivity index (χ2n) is 3.46. The van der Waals surface area contributed by atoms with Gasteiger partial charge in [-0.2, -0.15) is 0 Å². The lowest BCUT2D eigenvalue weighted by molar-refractivity contribution is -0.149. The Morgan fingerprint density at radius 3 is 2.60 bits per heavy atom. The van der Waals surface area contributed by atoms with E-state index in [-0.39, 0.29) is 11.3 Å². The number of hydrogen-bond donors (Lipinski definition) is 2. The molecule has 0 bridgehead atoms. The van der Waals surface area contributed by atoms with Gasteiger partial charge in [0.1, 0.15) is 0 Å². The number of aliphatic carboxylic acids is 1. The quantitative estimate of drug-likeness (QED) is 0.589. The molecule has 3 N–H and O–H groups in total. The standard InChI is InChI=1S/C7H13NO2/c1-7(4-8)2-5(3-7)6(9)10/h5H,2-4,8H2,1H3,(H,9,10). The first-order valence-corrected chi connectivity index (χ1v) is 3.50. The molecular formula is C7H13NO2. The lowest BCUT2D eigenvalue weighted by atomic mass is 9.63. The predicted molar refractivity (Wildman–Crippen MR) is 37.5 cm³/mol. The van der Waals surface area contributed by atoms with Crippen LogP contribution in [-0.2, 0) is 4.79 Å². The number of rotatable bonds is 2. The van der Waals surface area contributed by atoms with Gasteiger partial charge in [0.25, 0.3) is 0 Å². The van der Waals surface area contributed by atoms with Gasteiger partial charge in [-0.25, -0.2) is 0 Å². The summed E-state index contributed by atoms with van der Waals surface area (Å²) in [5, 5.41) is 8.52. The van der Waals surface area contributed by atoms with Crippen LogP contribution in [0.15, 0.2) is 0 Å². The van der Waals surface area contributed by atoms with E-state index in [1.54, 1.807) is 0 Å². The molecular weight excluding hydrogens is 130 g/mol. The molecule has 10 heavy (non-hydrogen) atoms. The summed E-state index contributed by atoms with van der Waals surface area (Å²) in [6.07, 6.45) is 1.50. The first-order valence-electron chi connectivity index (χ1n) is 3.50. The number of hydrogen-bond acceptors (Lipinski definition) is 2. The van der Waals surface area contributed by atoms with Crippen molar-refractivity contribution in [2.75, 3.05) is 6.54 Å². The van der Waals surface area contributed by atoms with Crippen molar-refractivity contribution in [3.8, 4) is 0 Å². The normalized spacial score (nSPS) is 38.8. The summed E-state index contributed by atoms with van der Waals surface area (Å²) >= 11 is 0. The molecule has 0 radical (unpaired) electrons. The molecule has 1 aliphatic rings. The minimum Gasteiger partial charge on any atom is -0.481 e. The summed E-state index contributed by atoms with van der Waals surface area (Å²) in [5.74, 6) is -0.806. The second kappa shape index (κ2) is 2.23. The van der Waals surface area contributed by atoms with Gasteiger partial charge in [-0.3, -0.25) is 4.79 Å². The zero-order valence-corrected chi connectivity index (χ0v) is 6.13. The Bertz CT molecular complexity index is 150. The van der Waals surface area contributed by atoms with Crippen molar-refractivity contribution in [1.82, 2.24) is 0 Å². The minimum absolute atomic E-state index is 0.114. The topological polar surface area (TPSA) is 63.3 Å². The molecule has 0 unspecified atom stereocenters. The predicted octanol–water partition coefficient (Wildman–Crippen LogP) is 0.446. The van der Waals surface area contributed by atoms with E-state index >= 15 is 0 Å². The van der Waals surface area contributed by atoms with Crippen LogP contribution in [0.3, 0.4) is 0 Å². The maximum absolute atomic E-state index is 10.3. The molecule has 1 fully saturated rings. The molecule has 1 saturated carbocycles. The molecule has 1 rings (SSSR count). The van der Waals surface area contributed by atoms with Gasteiger partial charge in [-0.1, -0.05) is 6.92 Å². The van der Waals surface area contributed by atoms with Crippen LogP contribution in [0.4, 0.5) is 0 Å². The van der Waals surface area contributed by atoms with Crippen molar-refractivity contribution in [2.45, 2.75) is 19.8 Å². The summed E-state index contributed by atoms with van der Waals surface area (Å²) in [6, 6.07) is 0. The minimum atomic E-state index is -0.675. The third-order valence-electron chi connectivity index (χ3n) is 2.32. The Kier molecular flexibility index (Phi) is 1.68. The SMILES string of the molecule is CC1(CN)CC(C(=O)O)C1. The highest BCUT2D eigenvalue weighted by Gasteiger charge is 2.42. The average Bonchev–Trinajstić information content (AvgIpc) is 1.80. The lowest BCUT2D eigenvalue weighted by Crippen LogP contribution is -2.43. The highest BCUT2D eigenvalue weighted by molar-refractivity contribution is 5.71. The fourth-order valence-corrected chi connectivity index (χ4v) is 1.47. The van der Waals surface area contributed by atoms with Gasteiger partial charge in [-0.05, 0) is 24.8 Å². The van der Waals surface area contributed by atoms with E-state index in [1.165, 1.54) is 0 Å². The van der Waals surface area contributed by atoms with Crippen LogP contribution >= 0.6 is 0 Å². The van der Waals surface area contributed by atoms with E-state index in [1.807, 2.05) is 6.92 Å². The lowest BCUT2D eigenvalue weighted by Gasteiger charge is -2.42. The van der Waals surface area contributed by atoms with Gasteiger partial charge < -0.3 is 10.8 Å². The van der Waals surface area contributed by atoms with Gasteiger partial charge in [0.2, 0.25) is 0 Å². The summed E-state index contributed by atoms with van der Waals surface area (Å²) in [6.45, 7) is 2.64. The smallest absolute Gasteiger partial charge is 0.306 e. The second-order valence-corrected chi connectivity index (χ2v) is 3.46. The number of carboxylic acid groups (broad SMARTS) is 1. The van der Waals surface area contributed by atoms with Crippen LogP contribution in [0.2, 0.25) is 0 Å². The van der Waals surface area contributed by atoms with Crippen molar-refractivity contribution in [3.63, 3.8) is 0 Å². The largest absolute Gasteiger partial charge is 0.481 e. The van der Waals surface area contributed by atoms with E-state index in [2.05, 4.69) is 0 Å². The molecule has 0 spiro atoms. The van der Waals surface area contributed by atoms with Gasteiger partial charge in [0, 0.05) is 0 Å². The molecule has 0 amide bonds. The zero-order valence-electron chi connectivity index (χ0n) is 6.13. The van der Waals surface area contributed by atoms with Gasteiger partial charge >= 0.3 is 5.97 Å². The van der Waals surface area contributed by atoms with Crippen LogP contribution < -0.4 is 5.73 Å². The highest BCUT2D eigenvalue weighted by Crippen LogP contribution is 2.44. The third-order valence-corrected chi connectivity index (χ3v) is 2.32. The molecule has 0 saturated heterocycles. The summed E-state index contributed by atoms with van der Waals surface area (Å²) in [4.78, 5) is 10.3. The molecule has 0 aromatic rings. The molecule has 1 aliphatic carbocycles. The average molecular weight is 143 g/mol.